The summed E-state index contributed by atoms with van der Waals surface area (Å²) in [4.78, 5) is 0. The molecule has 0 N–H and O–H groups in total. The normalized spacial score (nSPS) is 11.4. The second-order valence-corrected chi connectivity index (χ2v) is 4.77. The van der Waals surface area contributed by atoms with E-state index < -0.39 is 8.03 Å². The minimum Gasteiger partial charge on any atom is -0.146 e. The molecular formula is C11H16O2P+. The molecule has 0 saturated carbocycles. The second kappa shape index (κ2) is 5.90. The van der Waals surface area contributed by atoms with Gasteiger partial charge in [0.15, 0.2) is 6.16 Å². The monoisotopic (exact) mass is 211 g/mol. The molecule has 0 aromatic heterocycles. The highest BCUT2D eigenvalue weighted by Gasteiger charge is 2.11. The molecule has 1 aromatic rings. The predicted octanol–water partition coefficient (Wildman–Crippen LogP) is 3.32. The molecule has 0 fully saturated rings. The van der Waals surface area contributed by atoms with Gasteiger partial charge < -0.3 is 0 Å². The summed E-state index contributed by atoms with van der Waals surface area (Å²) >= 11 is 0. The molecule has 2 nitrogen and oxygen atoms in total. The molecule has 0 spiro atoms. The van der Waals surface area contributed by atoms with Crippen LogP contribution >= 0.6 is 8.03 Å². The van der Waals surface area contributed by atoms with E-state index in [0.29, 0.717) is 12.8 Å². The highest BCUT2D eigenvalue weighted by Crippen LogP contribution is 2.20. The van der Waals surface area contributed by atoms with Crippen molar-refractivity contribution >= 4 is 8.03 Å². The summed E-state index contributed by atoms with van der Waals surface area (Å²) in [5, 5.41) is 0. The minimum absolute atomic E-state index is 0.548. The molecule has 0 heterocycles. The first-order valence-electron chi connectivity index (χ1n) is 4.85. The Balaban J connectivity index is 2.31. The Hall–Kier alpha value is -0.720. The number of aryl methyl sites for hydroxylation is 1. The lowest BCUT2D eigenvalue weighted by Gasteiger charge is -1.97. The maximum Gasteiger partial charge on any atom is 0.507 e. The minimum atomic E-state index is -1.43. The molecule has 0 aliphatic rings. The molecule has 0 bridgehead atoms. The zero-order valence-electron chi connectivity index (χ0n) is 8.69. The van der Waals surface area contributed by atoms with Crippen LogP contribution in [-0.2, 0) is 15.5 Å². The molecule has 0 aliphatic carbocycles. The zero-order chi connectivity index (χ0) is 10.4. The predicted molar refractivity (Wildman–Crippen MR) is 59.0 cm³/mol. The van der Waals surface area contributed by atoms with Gasteiger partial charge >= 0.3 is 8.03 Å². The molecule has 76 valence electrons. The molecule has 1 rings (SSSR count). The summed E-state index contributed by atoms with van der Waals surface area (Å²) in [6.07, 6.45) is 1.44. The van der Waals surface area contributed by atoms with Crippen LogP contribution in [-0.4, -0.2) is 12.8 Å². The molecule has 0 saturated heterocycles. The Morgan fingerprint density at radius 3 is 2.50 bits per heavy atom. The summed E-state index contributed by atoms with van der Waals surface area (Å²) in [7, 11) is -1.43. The average Bonchev–Trinajstić information content (AvgIpc) is 2.21. The van der Waals surface area contributed by atoms with Gasteiger partial charge in [-0.1, -0.05) is 29.8 Å². The molecule has 1 unspecified atom stereocenters. The van der Waals surface area contributed by atoms with Gasteiger partial charge in [0.25, 0.3) is 0 Å². The molecule has 0 radical (unpaired) electrons. The first-order chi connectivity index (χ1) is 6.72. The van der Waals surface area contributed by atoms with E-state index in [9.17, 15) is 4.57 Å². The number of benzene rings is 1. The molecule has 3 heteroatoms. The molecular weight excluding hydrogens is 195 g/mol. The van der Waals surface area contributed by atoms with Crippen molar-refractivity contribution in [2.75, 3.05) is 12.8 Å². The van der Waals surface area contributed by atoms with Gasteiger partial charge in [-0.15, -0.1) is 4.52 Å². The van der Waals surface area contributed by atoms with Crippen molar-refractivity contribution in [2.45, 2.75) is 20.3 Å². The Labute approximate surface area is 86.2 Å². The van der Waals surface area contributed by atoms with E-state index in [-0.39, 0.29) is 0 Å². The van der Waals surface area contributed by atoms with Gasteiger partial charge in [-0.2, -0.15) is 0 Å². The van der Waals surface area contributed by atoms with Crippen LogP contribution in [0.25, 0.3) is 0 Å². The van der Waals surface area contributed by atoms with Crippen LogP contribution in [0.1, 0.15) is 18.1 Å². The van der Waals surface area contributed by atoms with Crippen molar-refractivity contribution in [3.8, 4) is 0 Å². The van der Waals surface area contributed by atoms with Crippen LogP contribution in [0.4, 0.5) is 0 Å². The van der Waals surface area contributed by atoms with Crippen molar-refractivity contribution in [1.29, 1.82) is 0 Å². The Bertz CT molecular complexity index is 293. The average molecular weight is 211 g/mol. The highest BCUT2D eigenvalue weighted by atomic mass is 31.1. The van der Waals surface area contributed by atoms with Crippen molar-refractivity contribution < 1.29 is 9.09 Å². The van der Waals surface area contributed by atoms with Gasteiger partial charge in [0.05, 0.1) is 0 Å². The number of rotatable bonds is 5. The Kier molecular flexibility index (Phi) is 4.78. The van der Waals surface area contributed by atoms with E-state index >= 15 is 0 Å². The third kappa shape index (κ3) is 3.99. The van der Waals surface area contributed by atoms with E-state index in [2.05, 4.69) is 31.2 Å². The lowest BCUT2D eigenvalue weighted by molar-refractivity contribution is 0.334. The van der Waals surface area contributed by atoms with Crippen LogP contribution < -0.4 is 0 Å². The first kappa shape index (κ1) is 11.4. The fourth-order valence-corrected chi connectivity index (χ4v) is 1.59. The zero-order valence-corrected chi connectivity index (χ0v) is 9.59. The van der Waals surface area contributed by atoms with Gasteiger partial charge in [0.2, 0.25) is 0 Å². The van der Waals surface area contributed by atoms with Gasteiger partial charge in [0.1, 0.15) is 6.61 Å². The van der Waals surface area contributed by atoms with Gasteiger partial charge in [0, 0.05) is 6.42 Å². The van der Waals surface area contributed by atoms with E-state index in [4.69, 9.17) is 4.52 Å². The summed E-state index contributed by atoms with van der Waals surface area (Å²) in [5.74, 6) is 0. The molecule has 1 aromatic carbocycles. The fraction of sp³-hybridized carbons (Fsp3) is 0.455. The van der Waals surface area contributed by atoms with Crippen molar-refractivity contribution in [2.24, 2.45) is 0 Å². The summed E-state index contributed by atoms with van der Waals surface area (Å²) in [6, 6.07) is 8.32. The Morgan fingerprint density at radius 1 is 1.29 bits per heavy atom. The first-order valence-corrected chi connectivity index (χ1v) is 6.21. The van der Waals surface area contributed by atoms with Gasteiger partial charge in [-0.05, 0) is 24.0 Å². The van der Waals surface area contributed by atoms with E-state index in [1.54, 1.807) is 0 Å². The SMILES string of the molecule is CC[P+](=O)OCCc1ccc(C)cc1. The lowest BCUT2D eigenvalue weighted by Crippen LogP contribution is -1.93. The van der Waals surface area contributed by atoms with Gasteiger partial charge in [-0.25, -0.2) is 0 Å². The summed E-state index contributed by atoms with van der Waals surface area (Å²) in [6.45, 7) is 4.48. The maximum atomic E-state index is 11.0. The van der Waals surface area contributed by atoms with E-state index in [1.165, 1.54) is 11.1 Å². The van der Waals surface area contributed by atoms with Crippen molar-refractivity contribution in [3.05, 3.63) is 35.4 Å². The van der Waals surface area contributed by atoms with Crippen LogP contribution in [0.2, 0.25) is 0 Å². The largest absolute Gasteiger partial charge is 0.507 e. The van der Waals surface area contributed by atoms with Crippen molar-refractivity contribution in [1.82, 2.24) is 0 Å². The molecule has 0 amide bonds. The smallest absolute Gasteiger partial charge is 0.146 e. The summed E-state index contributed by atoms with van der Waals surface area (Å²) in [5.41, 5.74) is 2.49. The number of hydrogen-bond acceptors (Lipinski definition) is 2. The standard InChI is InChI=1S/C11H16O2P/c1-3-14(12)13-9-8-11-6-4-10(2)5-7-11/h4-7H,3,8-9H2,1-2H3/q+1. The Morgan fingerprint density at radius 2 is 1.93 bits per heavy atom. The van der Waals surface area contributed by atoms with Crippen LogP contribution in [0, 0.1) is 6.92 Å². The van der Waals surface area contributed by atoms with E-state index in [0.717, 1.165) is 6.42 Å². The quantitative estimate of drug-likeness (QED) is 0.698. The number of hydrogen-bond donors (Lipinski definition) is 0. The van der Waals surface area contributed by atoms with Crippen molar-refractivity contribution in [3.63, 3.8) is 0 Å². The lowest BCUT2D eigenvalue weighted by atomic mass is 10.1. The van der Waals surface area contributed by atoms with Crippen LogP contribution in [0.3, 0.4) is 0 Å². The van der Waals surface area contributed by atoms with Crippen LogP contribution in [0.15, 0.2) is 24.3 Å². The van der Waals surface area contributed by atoms with Crippen LogP contribution in [0.5, 0.6) is 0 Å². The molecule has 14 heavy (non-hydrogen) atoms. The summed E-state index contributed by atoms with van der Waals surface area (Å²) < 4.78 is 16.1. The third-order valence-electron chi connectivity index (χ3n) is 2.00. The maximum absolute atomic E-state index is 11.0. The fourth-order valence-electron chi connectivity index (χ4n) is 1.11. The third-order valence-corrected chi connectivity index (χ3v) is 2.99. The second-order valence-electron chi connectivity index (χ2n) is 3.22. The molecule has 1 atom stereocenters. The van der Waals surface area contributed by atoms with E-state index in [1.807, 2.05) is 6.92 Å². The van der Waals surface area contributed by atoms with Gasteiger partial charge in [-0.3, -0.25) is 0 Å². The topological polar surface area (TPSA) is 26.3 Å². The molecule has 0 aliphatic heterocycles. The highest BCUT2D eigenvalue weighted by molar-refractivity contribution is 7.39.